The van der Waals surface area contributed by atoms with Crippen LogP contribution in [0, 0.1) is 0 Å². The maximum absolute atomic E-state index is 14.0. The molecule has 4 heteroatoms. The van der Waals surface area contributed by atoms with Crippen LogP contribution in [0.15, 0.2) is 18.2 Å². The van der Waals surface area contributed by atoms with Crippen LogP contribution in [0.25, 0.3) is 0 Å². The molecule has 0 amide bonds. The number of halogens is 1. The molecule has 1 atom stereocenters. The fourth-order valence-electron chi connectivity index (χ4n) is 2.32. The van der Waals surface area contributed by atoms with Crippen molar-refractivity contribution in [3.8, 4) is 11.5 Å². The van der Waals surface area contributed by atoms with Crippen molar-refractivity contribution in [2.45, 2.75) is 58.7 Å². The Morgan fingerprint density at radius 3 is 2.33 bits per heavy atom. The van der Waals surface area contributed by atoms with Crippen LogP contribution in [0.4, 0.5) is 4.39 Å². The average Bonchev–Trinajstić information content (AvgIpc) is 3.12. The molecule has 0 spiro atoms. The van der Waals surface area contributed by atoms with Gasteiger partial charge in [-0.25, -0.2) is 4.39 Å². The van der Waals surface area contributed by atoms with Gasteiger partial charge in [0.15, 0.2) is 11.5 Å². The summed E-state index contributed by atoms with van der Waals surface area (Å²) in [4.78, 5) is 0. The number of ether oxygens (including phenoxy) is 2. The van der Waals surface area contributed by atoms with E-state index in [2.05, 4.69) is 5.32 Å². The molecule has 0 saturated heterocycles. The van der Waals surface area contributed by atoms with Gasteiger partial charge in [0.2, 0.25) is 6.79 Å². The molecule has 1 aliphatic heterocycles. The van der Waals surface area contributed by atoms with Gasteiger partial charge in [0, 0.05) is 6.04 Å². The summed E-state index contributed by atoms with van der Waals surface area (Å²) in [5.41, 5.74) is 0.0722. The molecule has 120 valence electrons. The SMILES string of the molecule is CC.CC.CNC(Cc1ccc2c(c1)OCO2)C1(F)CC1. The Labute approximate surface area is 127 Å². The van der Waals surface area contributed by atoms with Gasteiger partial charge in [-0.05, 0) is 44.0 Å². The molecule has 21 heavy (non-hydrogen) atoms. The Morgan fingerprint density at radius 1 is 1.14 bits per heavy atom. The van der Waals surface area contributed by atoms with E-state index in [-0.39, 0.29) is 12.8 Å². The Bertz CT molecular complexity index is 433. The predicted molar refractivity (Wildman–Crippen MR) is 84.9 cm³/mol. The van der Waals surface area contributed by atoms with E-state index in [0.29, 0.717) is 19.3 Å². The number of benzene rings is 1. The molecule has 1 aromatic rings. The first-order valence-corrected chi connectivity index (χ1v) is 7.96. The topological polar surface area (TPSA) is 30.5 Å². The Kier molecular flexibility index (Phi) is 6.96. The first-order chi connectivity index (χ1) is 10.2. The Morgan fingerprint density at radius 2 is 1.76 bits per heavy atom. The lowest BCUT2D eigenvalue weighted by molar-refractivity contribution is 0.174. The van der Waals surface area contributed by atoms with Crippen LogP contribution in [-0.2, 0) is 6.42 Å². The second kappa shape index (κ2) is 8.23. The number of likely N-dealkylation sites (N-methyl/N-ethyl adjacent to an activating group) is 1. The minimum absolute atomic E-state index is 0.108. The summed E-state index contributed by atoms with van der Waals surface area (Å²) in [7, 11) is 1.82. The minimum atomic E-state index is -1.01. The fraction of sp³-hybridized carbons (Fsp3) is 0.647. The molecule has 1 aromatic carbocycles. The zero-order chi connectivity index (χ0) is 15.9. The third-order valence-electron chi connectivity index (χ3n) is 3.58. The molecule has 3 rings (SSSR count). The van der Waals surface area contributed by atoms with Crippen molar-refractivity contribution in [1.82, 2.24) is 5.32 Å². The van der Waals surface area contributed by atoms with Gasteiger partial charge in [-0.2, -0.15) is 0 Å². The number of rotatable bonds is 4. The van der Waals surface area contributed by atoms with Crippen LogP contribution in [0.2, 0.25) is 0 Å². The van der Waals surface area contributed by atoms with Crippen LogP contribution in [-0.4, -0.2) is 25.6 Å². The van der Waals surface area contributed by atoms with Crippen LogP contribution in [0.1, 0.15) is 46.1 Å². The van der Waals surface area contributed by atoms with Crippen LogP contribution in [0.3, 0.4) is 0 Å². The van der Waals surface area contributed by atoms with E-state index >= 15 is 0 Å². The molecule has 1 fully saturated rings. The van der Waals surface area contributed by atoms with E-state index in [4.69, 9.17) is 9.47 Å². The maximum atomic E-state index is 14.0. The van der Waals surface area contributed by atoms with Gasteiger partial charge in [-0.15, -0.1) is 0 Å². The lowest BCUT2D eigenvalue weighted by Gasteiger charge is -2.20. The van der Waals surface area contributed by atoms with Crippen LogP contribution < -0.4 is 14.8 Å². The number of nitrogens with one attached hydrogen (secondary N) is 1. The second-order valence-corrected chi connectivity index (χ2v) is 4.77. The van der Waals surface area contributed by atoms with Gasteiger partial charge in [-0.3, -0.25) is 0 Å². The van der Waals surface area contributed by atoms with Crippen LogP contribution >= 0.6 is 0 Å². The summed E-state index contributed by atoms with van der Waals surface area (Å²) in [5, 5.41) is 3.07. The third kappa shape index (κ3) is 4.34. The molecule has 1 unspecified atom stereocenters. The van der Waals surface area contributed by atoms with E-state index in [0.717, 1.165) is 17.1 Å². The molecule has 0 bridgehead atoms. The Hall–Kier alpha value is -1.29. The Balaban J connectivity index is 0.000000510. The van der Waals surface area contributed by atoms with Crippen molar-refractivity contribution in [3.05, 3.63) is 23.8 Å². The molecular weight excluding hydrogens is 269 g/mol. The molecule has 1 heterocycles. The maximum Gasteiger partial charge on any atom is 0.231 e. The van der Waals surface area contributed by atoms with Gasteiger partial charge in [0.05, 0.1) is 0 Å². The van der Waals surface area contributed by atoms with Gasteiger partial charge < -0.3 is 14.8 Å². The molecule has 1 saturated carbocycles. The first kappa shape index (κ1) is 17.8. The highest BCUT2D eigenvalue weighted by Crippen LogP contribution is 2.44. The summed E-state index contributed by atoms with van der Waals surface area (Å²) in [6, 6.07) is 5.70. The van der Waals surface area contributed by atoms with Gasteiger partial charge in [0.1, 0.15) is 5.67 Å². The lowest BCUT2D eigenvalue weighted by Crippen LogP contribution is -2.38. The molecule has 2 aliphatic rings. The fourth-order valence-corrected chi connectivity index (χ4v) is 2.32. The van der Waals surface area contributed by atoms with E-state index in [1.807, 2.05) is 52.9 Å². The normalized spacial score (nSPS) is 17.8. The molecule has 1 aliphatic carbocycles. The number of fused-ring (bicyclic) bond motifs is 1. The summed E-state index contributed by atoms with van der Waals surface area (Å²) >= 11 is 0. The quantitative estimate of drug-likeness (QED) is 0.907. The third-order valence-corrected chi connectivity index (χ3v) is 3.58. The number of alkyl halides is 1. The van der Waals surface area contributed by atoms with E-state index in [1.54, 1.807) is 0 Å². The van der Waals surface area contributed by atoms with Crippen molar-refractivity contribution < 1.29 is 13.9 Å². The van der Waals surface area contributed by atoms with Gasteiger partial charge >= 0.3 is 0 Å². The van der Waals surface area contributed by atoms with Gasteiger partial charge in [-0.1, -0.05) is 33.8 Å². The first-order valence-electron chi connectivity index (χ1n) is 7.96. The molecule has 1 N–H and O–H groups in total. The van der Waals surface area contributed by atoms with Crippen molar-refractivity contribution >= 4 is 0 Å². The lowest BCUT2D eigenvalue weighted by atomic mass is 10.0. The average molecular weight is 297 g/mol. The van der Waals surface area contributed by atoms with Crippen LogP contribution in [0.5, 0.6) is 11.5 Å². The molecule has 0 radical (unpaired) electrons. The summed E-state index contributed by atoms with van der Waals surface area (Å²) < 4.78 is 24.6. The summed E-state index contributed by atoms with van der Waals surface area (Å²) in [5.74, 6) is 1.54. The van der Waals surface area contributed by atoms with E-state index in [9.17, 15) is 4.39 Å². The van der Waals surface area contributed by atoms with Crippen molar-refractivity contribution in [3.63, 3.8) is 0 Å². The highest BCUT2D eigenvalue weighted by molar-refractivity contribution is 5.44. The predicted octanol–water partition coefficient (Wildman–Crippen LogP) is 4.10. The van der Waals surface area contributed by atoms with E-state index in [1.165, 1.54) is 0 Å². The van der Waals surface area contributed by atoms with Crippen molar-refractivity contribution in [1.29, 1.82) is 0 Å². The monoisotopic (exact) mass is 297 g/mol. The number of hydrogen-bond acceptors (Lipinski definition) is 3. The summed E-state index contributed by atoms with van der Waals surface area (Å²) in [6.07, 6.45) is 2.02. The second-order valence-electron chi connectivity index (χ2n) is 4.77. The standard InChI is InChI=1S/C13H16FNO2.2C2H6/c1-15-12(13(14)4-5-13)7-9-2-3-10-11(6-9)17-8-16-10;2*1-2/h2-3,6,12,15H,4-5,7-8H2,1H3;2*1-2H3. The highest BCUT2D eigenvalue weighted by atomic mass is 19.1. The zero-order valence-corrected chi connectivity index (χ0v) is 13.8. The number of hydrogen-bond donors (Lipinski definition) is 1. The minimum Gasteiger partial charge on any atom is -0.454 e. The smallest absolute Gasteiger partial charge is 0.231 e. The van der Waals surface area contributed by atoms with Crippen molar-refractivity contribution in [2.75, 3.05) is 13.8 Å². The zero-order valence-electron chi connectivity index (χ0n) is 13.8. The molecular formula is C17H28FNO2. The molecule has 3 nitrogen and oxygen atoms in total. The summed E-state index contributed by atoms with van der Waals surface area (Å²) in [6.45, 7) is 8.28. The van der Waals surface area contributed by atoms with Crippen molar-refractivity contribution in [2.24, 2.45) is 0 Å². The van der Waals surface area contributed by atoms with Gasteiger partial charge in [0.25, 0.3) is 0 Å². The van der Waals surface area contributed by atoms with E-state index < -0.39 is 5.67 Å². The highest BCUT2D eigenvalue weighted by Gasteiger charge is 2.49. The molecule has 0 aromatic heterocycles. The largest absolute Gasteiger partial charge is 0.454 e.